The summed E-state index contributed by atoms with van der Waals surface area (Å²) in [4.78, 5) is 61.5. The predicted molar refractivity (Wildman–Crippen MR) is 171 cm³/mol. The van der Waals surface area contributed by atoms with Crippen molar-refractivity contribution >= 4 is 23.7 Å². The van der Waals surface area contributed by atoms with Crippen molar-refractivity contribution in [3.63, 3.8) is 0 Å². The molecule has 0 spiro atoms. The molecule has 1 aliphatic heterocycles. The first-order valence-corrected chi connectivity index (χ1v) is 16.5. The molecule has 1 aromatic rings. The minimum absolute atomic E-state index is 0.0531. The van der Waals surface area contributed by atoms with E-state index >= 15 is 0 Å². The van der Waals surface area contributed by atoms with Crippen LogP contribution in [0.5, 0.6) is 0 Å². The lowest BCUT2D eigenvalue weighted by Crippen LogP contribution is -2.68. The van der Waals surface area contributed by atoms with Gasteiger partial charge in [-0.3, -0.25) is 19.2 Å². The third-order valence-corrected chi connectivity index (χ3v) is 9.74. The Kier molecular flexibility index (Phi) is 15.3. The van der Waals surface area contributed by atoms with Crippen LogP contribution in [0.4, 0.5) is 0 Å². The number of carbonyl (C=O) groups excluding carboxylic acids is 4. The van der Waals surface area contributed by atoms with Crippen molar-refractivity contribution in [3.05, 3.63) is 35.9 Å². The molecule has 0 bridgehead atoms. The summed E-state index contributed by atoms with van der Waals surface area (Å²) in [5.41, 5.74) is -0.838. The van der Waals surface area contributed by atoms with Gasteiger partial charge in [0.25, 0.3) is 0 Å². The van der Waals surface area contributed by atoms with Gasteiger partial charge in [0.05, 0.1) is 37.3 Å². The van der Waals surface area contributed by atoms with Crippen molar-refractivity contribution < 1.29 is 48.4 Å². The largest absolute Gasteiger partial charge is 0.469 e. The van der Waals surface area contributed by atoms with E-state index in [1.54, 1.807) is 5.06 Å². The van der Waals surface area contributed by atoms with E-state index in [0.717, 1.165) is 12.0 Å². The van der Waals surface area contributed by atoms with Gasteiger partial charge in [0.15, 0.2) is 6.10 Å². The molecule has 0 radical (unpaired) electrons. The number of hydrogen-bond donors (Lipinski definition) is 2. The minimum Gasteiger partial charge on any atom is -0.469 e. The summed E-state index contributed by atoms with van der Waals surface area (Å²) in [6.45, 7) is 12.2. The molecular weight excluding hydrogens is 594 g/mol. The zero-order valence-corrected chi connectivity index (χ0v) is 28.8. The fraction of sp³-hybridized carbons (Fsp3) is 0.714. The fourth-order valence-electron chi connectivity index (χ4n) is 6.13. The van der Waals surface area contributed by atoms with Crippen LogP contribution in [-0.4, -0.2) is 89.2 Å². The van der Waals surface area contributed by atoms with Crippen LogP contribution in [0.25, 0.3) is 0 Å². The number of esters is 3. The van der Waals surface area contributed by atoms with Gasteiger partial charge in [0.2, 0.25) is 0 Å². The molecule has 8 unspecified atom stereocenters. The lowest BCUT2D eigenvalue weighted by Gasteiger charge is -2.56. The Hall–Kier alpha value is -2.86. The first-order chi connectivity index (χ1) is 21.7. The zero-order valence-electron chi connectivity index (χ0n) is 28.8. The van der Waals surface area contributed by atoms with Crippen LogP contribution in [0.3, 0.4) is 0 Å². The number of methoxy groups -OCH3 is 1. The third-order valence-electron chi connectivity index (χ3n) is 9.74. The maximum absolute atomic E-state index is 14.0. The van der Waals surface area contributed by atoms with Gasteiger partial charge in [-0.15, -0.1) is 0 Å². The molecular formula is C35H55NO10. The molecule has 2 N–H and O–H groups in total. The Labute approximate surface area is 273 Å². The number of nitrogens with zero attached hydrogens (tertiary/aromatic N) is 1. The lowest BCUT2D eigenvalue weighted by atomic mass is 9.70. The van der Waals surface area contributed by atoms with Crippen molar-refractivity contribution in [3.8, 4) is 0 Å². The van der Waals surface area contributed by atoms with Gasteiger partial charge in [0, 0.05) is 12.3 Å². The van der Waals surface area contributed by atoms with Crippen LogP contribution in [0, 0.1) is 17.8 Å². The van der Waals surface area contributed by atoms with E-state index in [2.05, 4.69) is 0 Å². The number of benzene rings is 1. The van der Waals surface area contributed by atoms with E-state index in [-0.39, 0.29) is 31.1 Å². The highest BCUT2D eigenvalue weighted by molar-refractivity contribution is 5.89. The van der Waals surface area contributed by atoms with Crippen molar-refractivity contribution in [2.24, 2.45) is 17.8 Å². The van der Waals surface area contributed by atoms with Crippen molar-refractivity contribution in [2.45, 2.75) is 116 Å². The first kappa shape index (κ1) is 39.3. The molecule has 2 rings (SSSR count). The SMILES string of the molecule is CCCCOC(=O)C(CC(C)c1ccccc1)C(C(=O)OC)C(ON1C(C)(CC)CC(=O)C(C)C1(C)CC)C(=O)OCC(O)CO. The molecule has 11 nitrogen and oxygen atoms in total. The Morgan fingerprint density at radius 3 is 2.22 bits per heavy atom. The number of carbonyl (C=O) groups is 4. The fourth-order valence-corrected chi connectivity index (χ4v) is 6.13. The van der Waals surface area contributed by atoms with Crippen LogP contribution in [0.15, 0.2) is 30.3 Å². The maximum Gasteiger partial charge on any atom is 0.338 e. The summed E-state index contributed by atoms with van der Waals surface area (Å²) in [5, 5.41) is 21.0. The smallest absolute Gasteiger partial charge is 0.338 e. The number of rotatable bonds is 18. The number of unbranched alkanes of at least 4 members (excludes halogenated alkanes) is 1. The summed E-state index contributed by atoms with van der Waals surface area (Å²) in [6, 6.07) is 9.47. The number of aliphatic hydroxyl groups is 2. The number of Topliss-reactive ketones (excluding diaryl/α,β-unsaturated/α-hetero) is 1. The van der Waals surface area contributed by atoms with Crippen LogP contribution < -0.4 is 0 Å². The number of hydrogen-bond acceptors (Lipinski definition) is 11. The van der Waals surface area contributed by atoms with E-state index in [1.807, 2.05) is 78.8 Å². The number of aliphatic hydroxyl groups excluding tert-OH is 2. The lowest BCUT2D eigenvalue weighted by molar-refractivity contribution is -0.321. The first-order valence-electron chi connectivity index (χ1n) is 16.5. The molecule has 1 aliphatic rings. The summed E-state index contributed by atoms with van der Waals surface area (Å²) < 4.78 is 16.3. The maximum atomic E-state index is 14.0. The molecule has 1 fully saturated rings. The van der Waals surface area contributed by atoms with Crippen molar-refractivity contribution in [1.82, 2.24) is 5.06 Å². The van der Waals surface area contributed by atoms with E-state index < -0.39 is 72.2 Å². The summed E-state index contributed by atoms with van der Waals surface area (Å²) in [7, 11) is 1.17. The van der Waals surface area contributed by atoms with Crippen LogP contribution in [-0.2, 0) is 38.2 Å². The highest BCUT2D eigenvalue weighted by Crippen LogP contribution is 2.45. The van der Waals surface area contributed by atoms with E-state index in [0.29, 0.717) is 19.3 Å². The number of ether oxygens (including phenoxy) is 3. The zero-order chi connectivity index (χ0) is 34.7. The second kappa shape index (κ2) is 17.9. The Bertz CT molecular complexity index is 1150. The van der Waals surface area contributed by atoms with Crippen LogP contribution >= 0.6 is 0 Å². The summed E-state index contributed by atoms with van der Waals surface area (Å²) in [5.74, 6) is -5.94. The number of ketones is 1. The molecule has 46 heavy (non-hydrogen) atoms. The van der Waals surface area contributed by atoms with Gasteiger partial charge in [-0.05, 0) is 51.0 Å². The molecule has 0 aliphatic carbocycles. The summed E-state index contributed by atoms with van der Waals surface area (Å²) >= 11 is 0. The Morgan fingerprint density at radius 1 is 1.02 bits per heavy atom. The Balaban J connectivity index is 2.75. The average molecular weight is 650 g/mol. The van der Waals surface area contributed by atoms with Gasteiger partial charge in [-0.1, -0.05) is 71.4 Å². The highest BCUT2D eigenvalue weighted by Gasteiger charge is 2.57. The molecule has 8 atom stereocenters. The topological polar surface area (TPSA) is 149 Å². The van der Waals surface area contributed by atoms with Gasteiger partial charge >= 0.3 is 17.9 Å². The second-order valence-corrected chi connectivity index (χ2v) is 12.9. The third kappa shape index (κ3) is 9.36. The molecule has 1 heterocycles. The monoisotopic (exact) mass is 649 g/mol. The van der Waals surface area contributed by atoms with Gasteiger partial charge in [0.1, 0.15) is 24.4 Å². The Morgan fingerprint density at radius 2 is 1.67 bits per heavy atom. The molecule has 0 amide bonds. The number of piperidine rings is 1. The normalized spacial score (nSPS) is 25.2. The van der Waals surface area contributed by atoms with E-state index in [4.69, 9.17) is 19.0 Å². The highest BCUT2D eigenvalue weighted by atomic mass is 16.7. The van der Waals surface area contributed by atoms with Crippen LogP contribution in [0.1, 0.15) is 98.5 Å². The molecule has 260 valence electrons. The molecule has 0 saturated carbocycles. The molecule has 0 aromatic heterocycles. The molecule has 1 aromatic carbocycles. The molecule has 1 saturated heterocycles. The standard InChI is InChI=1S/C35H55NO10/c1-9-12-18-44-31(40)27(19-23(4)25-16-14-13-15-17-25)29(32(41)43-8)30(33(42)45-22-26(38)21-37)46-36-34(6,10-2)20-28(39)24(5)35(36,7)11-3/h13-17,23-24,26-27,29-30,37-38H,9-12,18-22H2,1-8H3. The predicted octanol–water partition coefficient (Wildman–Crippen LogP) is 4.37. The average Bonchev–Trinajstić information content (AvgIpc) is 3.06. The van der Waals surface area contributed by atoms with Gasteiger partial charge in [-0.2, -0.15) is 5.06 Å². The minimum atomic E-state index is -1.72. The van der Waals surface area contributed by atoms with Gasteiger partial charge in [-0.25, -0.2) is 4.79 Å². The quantitative estimate of drug-likeness (QED) is 0.133. The van der Waals surface area contributed by atoms with Gasteiger partial charge < -0.3 is 24.4 Å². The second-order valence-electron chi connectivity index (χ2n) is 12.9. The van der Waals surface area contributed by atoms with Crippen LogP contribution in [0.2, 0.25) is 0 Å². The van der Waals surface area contributed by atoms with E-state index in [1.165, 1.54) is 7.11 Å². The molecule has 11 heteroatoms. The van der Waals surface area contributed by atoms with Crippen molar-refractivity contribution in [1.29, 1.82) is 0 Å². The van der Waals surface area contributed by atoms with E-state index in [9.17, 15) is 29.4 Å². The summed E-state index contributed by atoms with van der Waals surface area (Å²) in [6.07, 6.45) is -0.500. The van der Waals surface area contributed by atoms with Crippen molar-refractivity contribution in [2.75, 3.05) is 26.9 Å². The number of hydroxylamine groups is 2.